The fraction of sp³-hybridized carbons (Fsp3) is 1.00. The molecule has 0 spiro atoms. The first-order valence-corrected chi connectivity index (χ1v) is 6.37. The van der Waals surface area contributed by atoms with Gasteiger partial charge in [0, 0.05) is 6.04 Å². The molecule has 0 aromatic carbocycles. The van der Waals surface area contributed by atoms with Crippen LogP contribution in [0, 0.1) is 11.8 Å². The van der Waals surface area contributed by atoms with Crippen LogP contribution in [0.15, 0.2) is 0 Å². The zero-order valence-corrected chi connectivity index (χ0v) is 9.52. The molecule has 0 bridgehead atoms. The highest BCUT2D eigenvalue weighted by atomic mass is 19.4. The molecule has 0 aromatic rings. The van der Waals surface area contributed by atoms with Crippen molar-refractivity contribution in [2.45, 2.75) is 57.2 Å². The number of nitrogens with one attached hydrogen (secondary N) is 1. The van der Waals surface area contributed by atoms with Gasteiger partial charge in [-0.1, -0.05) is 6.42 Å². The van der Waals surface area contributed by atoms with Gasteiger partial charge in [0.1, 0.15) is 0 Å². The van der Waals surface area contributed by atoms with Crippen LogP contribution >= 0.6 is 0 Å². The molecule has 0 radical (unpaired) electrons. The van der Waals surface area contributed by atoms with Crippen LogP contribution in [-0.2, 0) is 0 Å². The normalized spacial score (nSPS) is 37.3. The Morgan fingerprint density at radius 1 is 0.875 bits per heavy atom. The Morgan fingerprint density at radius 3 is 2.06 bits per heavy atom. The van der Waals surface area contributed by atoms with Gasteiger partial charge in [-0.2, -0.15) is 13.2 Å². The lowest BCUT2D eigenvalue weighted by Gasteiger charge is -2.36. The summed E-state index contributed by atoms with van der Waals surface area (Å²) >= 11 is 0. The summed E-state index contributed by atoms with van der Waals surface area (Å²) in [5.74, 6) is -0.550. The molecule has 1 aliphatic heterocycles. The highest BCUT2D eigenvalue weighted by Crippen LogP contribution is 2.41. The van der Waals surface area contributed by atoms with Crippen LogP contribution in [0.1, 0.15) is 44.9 Å². The van der Waals surface area contributed by atoms with E-state index in [0.717, 1.165) is 25.8 Å². The molecule has 1 saturated heterocycles. The van der Waals surface area contributed by atoms with Gasteiger partial charge in [-0.05, 0) is 51.0 Å². The van der Waals surface area contributed by atoms with Crippen LogP contribution in [0.3, 0.4) is 0 Å². The third-order valence-corrected chi connectivity index (χ3v) is 4.15. The molecule has 1 unspecified atom stereocenters. The predicted molar refractivity (Wildman–Crippen MR) is 57.1 cm³/mol. The summed E-state index contributed by atoms with van der Waals surface area (Å²) in [5, 5.41) is 3.46. The summed E-state index contributed by atoms with van der Waals surface area (Å²) < 4.78 is 37.5. The molecule has 2 rings (SSSR count). The van der Waals surface area contributed by atoms with Crippen molar-refractivity contribution in [2.24, 2.45) is 11.8 Å². The molecule has 2 fully saturated rings. The second kappa shape index (κ2) is 4.94. The van der Waals surface area contributed by atoms with E-state index in [-0.39, 0.29) is 0 Å². The first-order valence-electron chi connectivity index (χ1n) is 6.37. The van der Waals surface area contributed by atoms with Gasteiger partial charge < -0.3 is 5.32 Å². The SMILES string of the molecule is FC(F)(F)C1CCC(C2CCCCN2)CC1. The predicted octanol–water partition coefficient (Wildman–Crippen LogP) is 3.50. The van der Waals surface area contributed by atoms with E-state index in [2.05, 4.69) is 5.32 Å². The van der Waals surface area contributed by atoms with Crippen LogP contribution in [-0.4, -0.2) is 18.8 Å². The Hall–Kier alpha value is -0.250. The molecule has 4 heteroatoms. The number of alkyl halides is 3. The van der Waals surface area contributed by atoms with Crippen LogP contribution in [0.5, 0.6) is 0 Å². The molecule has 1 N–H and O–H groups in total. The van der Waals surface area contributed by atoms with Gasteiger partial charge in [0.15, 0.2) is 0 Å². The molecular weight excluding hydrogens is 215 g/mol. The average Bonchev–Trinajstić information content (AvgIpc) is 2.29. The number of hydrogen-bond acceptors (Lipinski definition) is 1. The highest BCUT2D eigenvalue weighted by Gasteiger charge is 2.42. The third-order valence-electron chi connectivity index (χ3n) is 4.15. The van der Waals surface area contributed by atoms with Gasteiger partial charge in [0.25, 0.3) is 0 Å². The molecule has 1 saturated carbocycles. The smallest absolute Gasteiger partial charge is 0.314 e. The van der Waals surface area contributed by atoms with E-state index >= 15 is 0 Å². The van der Waals surface area contributed by atoms with E-state index < -0.39 is 12.1 Å². The summed E-state index contributed by atoms with van der Waals surface area (Å²) in [7, 11) is 0. The summed E-state index contributed by atoms with van der Waals surface area (Å²) in [6, 6.07) is 0.489. The Labute approximate surface area is 94.8 Å². The zero-order valence-electron chi connectivity index (χ0n) is 9.52. The fourth-order valence-corrected chi connectivity index (χ4v) is 3.13. The molecule has 0 aromatic heterocycles. The zero-order chi connectivity index (χ0) is 11.6. The summed E-state index contributed by atoms with van der Waals surface area (Å²) in [5.41, 5.74) is 0. The number of halogens is 3. The summed E-state index contributed by atoms with van der Waals surface area (Å²) in [4.78, 5) is 0. The Balaban J connectivity index is 1.80. The first kappa shape index (κ1) is 12.2. The van der Waals surface area contributed by atoms with E-state index in [0.29, 0.717) is 24.8 Å². The molecule has 0 amide bonds. The van der Waals surface area contributed by atoms with E-state index in [9.17, 15) is 13.2 Å². The summed E-state index contributed by atoms with van der Waals surface area (Å²) in [6.07, 6.45) is 1.82. The van der Waals surface area contributed by atoms with Gasteiger partial charge in [-0.25, -0.2) is 0 Å². The average molecular weight is 235 g/mol. The van der Waals surface area contributed by atoms with Crippen molar-refractivity contribution >= 4 is 0 Å². The maximum absolute atomic E-state index is 12.5. The summed E-state index contributed by atoms with van der Waals surface area (Å²) in [6.45, 7) is 1.05. The van der Waals surface area contributed by atoms with Crippen molar-refractivity contribution in [1.82, 2.24) is 5.32 Å². The molecular formula is C12H20F3N. The minimum absolute atomic E-state index is 0.340. The highest BCUT2D eigenvalue weighted by molar-refractivity contribution is 4.85. The van der Waals surface area contributed by atoms with Crippen LogP contribution < -0.4 is 5.32 Å². The number of hydrogen-bond donors (Lipinski definition) is 1. The first-order chi connectivity index (χ1) is 7.57. The van der Waals surface area contributed by atoms with Crippen molar-refractivity contribution in [2.75, 3.05) is 6.54 Å². The van der Waals surface area contributed by atoms with Crippen LogP contribution in [0.2, 0.25) is 0 Å². The number of piperidine rings is 1. The Bertz CT molecular complexity index is 213. The molecule has 1 aliphatic carbocycles. The molecule has 94 valence electrons. The van der Waals surface area contributed by atoms with Crippen molar-refractivity contribution < 1.29 is 13.2 Å². The van der Waals surface area contributed by atoms with Crippen LogP contribution in [0.4, 0.5) is 13.2 Å². The van der Waals surface area contributed by atoms with Crippen molar-refractivity contribution in [3.05, 3.63) is 0 Å². The second-order valence-corrected chi connectivity index (χ2v) is 5.21. The Morgan fingerprint density at radius 2 is 1.56 bits per heavy atom. The van der Waals surface area contributed by atoms with E-state index in [1.165, 1.54) is 12.8 Å². The van der Waals surface area contributed by atoms with Gasteiger partial charge >= 0.3 is 6.18 Å². The topological polar surface area (TPSA) is 12.0 Å². The Kier molecular flexibility index (Phi) is 3.77. The van der Waals surface area contributed by atoms with Gasteiger partial charge in [-0.15, -0.1) is 0 Å². The van der Waals surface area contributed by atoms with Crippen molar-refractivity contribution in [1.29, 1.82) is 0 Å². The lowest BCUT2D eigenvalue weighted by Crippen LogP contribution is -2.42. The lowest BCUT2D eigenvalue weighted by atomic mass is 9.76. The quantitative estimate of drug-likeness (QED) is 0.733. The third kappa shape index (κ3) is 2.90. The van der Waals surface area contributed by atoms with E-state index in [4.69, 9.17) is 0 Å². The molecule has 1 heterocycles. The minimum atomic E-state index is -3.97. The standard InChI is InChI=1S/C12H20F3N/c13-12(14,15)10-6-4-9(5-7-10)11-3-1-2-8-16-11/h9-11,16H,1-8H2. The molecule has 2 aliphatic rings. The van der Waals surface area contributed by atoms with Crippen molar-refractivity contribution in [3.8, 4) is 0 Å². The largest absolute Gasteiger partial charge is 0.391 e. The maximum Gasteiger partial charge on any atom is 0.391 e. The minimum Gasteiger partial charge on any atom is -0.314 e. The second-order valence-electron chi connectivity index (χ2n) is 5.21. The van der Waals surface area contributed by atoms with Crippen LogP contribution in [0.25, 0.3) is 0 Å². The van der Waals surface area contributed by atoms with E-state index in [1.54, 1.807) is 0 Å². The molecule has 1 atom stereocenters. The molecule has 16 heavy (non-hydrogen) atoms. The fourth-order valence-electron chi connectivity index (χ4n) is 3.13. The van der Waals surface area contributed by atoms with Crippen molar-refractivity contribution in [3.63, 3.8) is 0 Å². The number of rotatable bonds is 1. The van der Waals surface area contributed by atoms with E-state index in [1.807, 2.05) is 0 Å². The van der Waals surface area contributed by atoms with Gasteiger partial charge in [0.05, 0.1) is 5.92 Å². The monoisotopic (exact) mass is 235 g/mol. The molecule has 1 nitrogen and oxygen atoms in total. The van der Waals surface area contributed by atoms with Gasteiger partial charge in [0.2, 0.25) is 0 Å². The lowest BCUT2D eigenvalue weighted by molar-refractivity contribution is -0.184. The van der Waals surface area contributed by atoms with Gasteiger partial charge in [-0.3, -0.25) is 0 Å². The maximum atomic E-state index is 12.5.